The van der Waals surface area contributed by atoms with Gasteiger partial charge in [-0.25, -0.2) is 0 Å². The van der Waals surface area contributed by atoms with E-state index in [4.69, 9.17) is 11.6 Å². The Labute approximate surface area is 160 Å². The van der Waals surface area contributed by atoms with Gasteiger partial charge in [0.1, 0.15) is 0 Å². The van der Waals surface area contributed by atoms with Crippen molar-refractivity contribution in [3.8, 4) is 0 Å². The molecule has 0 fully saturated rings. The minimum absolute atomic E-state index is 0.00843. The van der Waals surface area contributed by atoms with Gasteiger partial charge in [-0.3, -0.25) is 4.79 Å². The molecule has 1 aromatic heterocycles. The summed E-state index contributed by atoms with van der Waals surface area (Å²) >= 11 is 5.79. The highest BCUT2D eigenvalue weighted by molar-refractivity contribution is 6.32. The first kappa shape index (κ1) is 18.6. The van der Waals surface area contributed by atoms with Gasteiger partial charge in [-0.15, -0.1) is 0 Å². The predicted molar refractivity (Wildman–Crippen MR) is 102 cm³/mol. The Hall–Kier alpha value is -3.19. The number of hydrogen-bond acceptors (Lipinski definition) is 4. The molecule has 3 aromatic rings. The number of aromatic nitrogens is 2. The van der Waals surface area contributed by atoms with E-state index >= 15 is 0 Å². The molecule has 8 heteroatoms. The van der Waals surface area contributed by atoms with Gasteiger partial charge in [-0.1, -0.05) is 54.1 Å². The third kappa shape index (κ3) is 4.51. The highest BCUT2D eigenvalue weighted by atomic mass is 35.5. The van der Waals surface area contributed by atoms with Crippen molar-refractivity contribution in [1.29, 1.82) is 0 Å². The molecule has 1 heterocycles. The molecule has 0 saturated carbocycles. The zero-order valence-electron chi connectivity index (χ0n) is 14.5. The van der Waals surface area contributed by atoms with Crippen LogP contribution in [-0.4, -0.2) is 20.6 Å². The lowest BCUT2D eigenvalue weighted by Gasteiger charge is -2.14. The standard InChI is InChI=1S/C19H17ClN4O3/c1-13(15-5-3-2-4-6-15)21-19(25)16-9-7-14(8-10-16)11-23-12-17(20)18(22-23)24(26)27/h2-10,12-13H,11H2,1H3,(H,21,25). The Morgan fingerprint density at radius 3 is 2.48 bits per heavy atom. The molecule has 1 amide bonds. The van der Waals surface area contributed by atoms with Crippen LogP contribution in [0.25, 0.3) is 0 Å². The number of nitrogens with one attached hydrogen (secondary N) is 1. The van der Waals surface area contributed by atoms with Crippen molar-refractivity contribution in [2.75, 3.05) is 0 Å². The van der Waals surface area contributed by atoms with Gasteiger partial charge in [-0.05, 0) is 35.1 Å². The number of carbonyl (C=O) groups excluding carboxylic acids is 1. The van der Waals surface area contributed by atoms with Gasteiger partial charge >= 0.3 is 5.82 Å². The fraction of sp³-hybridized carbons (Fsp3) is 0.158. The maximum atomic E-state index is 12.4. The van der Waals surface area contributed by atoms with E-state index in [1.54, 1.807) is 24.3 Å². The molecule has 138 valence electrons. The van der Waals surface area contributed by atoms with Crippen molar-refractivity contribution in [3.05, 3.63) is 92.6 Å². The maximum absolute atomic E-state index is 12.4. The number of nitrogens with zero attached hydrogens (tertiary/aromatic N) is 3. The van der Waals surface area contributed by atoms with Crippen molar-refractivity contribution in [2.24, 2.45) is 0 Å². The van der Waals surface area contributed by atoms with E-state index in [0.717, 1.165) is 11.1 Å². The van der Waals surface area contributed by atoms with Crippen LogP contribution in [0, 0.1) is 10.1 Å². The minimum atomic E-state index is -0.625. The second-order valence-electron chi connectivity index (χ2n) is 6.06. The van der Waals surface area contributed by atoms with Crippen LogP contribution in [0.5, 0.6) is 0 Å². The summed E-state index contributed by atoms with van der Waals surface area (Å²) in [7, 11) is 0. The fourth-order valence-corrected chi connectivity index (χ4v) is 2.86. The average Bonchev–Trinajstić information content (AvgIpc) is 3.03. The summed E-state index contributed by atoms with van der Waals surface area (Å²) in [5, 5.41) is 17.6. The summed E-state index contributed by atoms with van der Waals surface area (Å²) in [6.07, 6.45) is 1.40. The van der Waals surface area contributed by atoms with Crippen LogP contribution in [0.1, 0.15) is 34.5 Å². The van der Waals surface area contributed by atoms with Crippen LogP contribution >= 0.6 is 11.6 Å². The first-order valence-corrected chi connectivity index (χ1v) is 8.64. The fourth-order valence-electron chi connectivity index (χ4n) is 2.65. The molecular formula is C19H17ClN4O3. The average molecular weight is 385 g/mol. The molecule has 0 radical (unpaired) electrons. The van der Waals surface area contributed by atoms with Crippen molar-refractivity contribution in [3.63, 3.8) is 0 Å². The lowest BCUT2D eigenvalue weighted by molar-refractivity contribution is -0.389. The monoisotopic (exact) mass is 384 g/mol. The van der Waals surface area contributed by atoms with Crippen LogP contribution in [0.4, 0.5) is 5.82 Å². The zero-order chi connectivity index (χ0) is 19.4. The van der Waals surface area contributed by atoms with E-state index in [-0.39, 0.29) is 22.8 Å². The summed E-state index contributed by atoms with van der Waals surface area (Å²) < 4.78 is 1.40. The summed E-state index contributed by atoms with van der Waals surface area (Å²) in [6, 6.07) is 16.6. The van der Waals surface area contributed by atoms with Gasteiger partial charge in [0.05, 0.1) is 23.9 Å². The number of benzene rings is 2. The molecule has 7 nitrogen and oxygen atoms in total. The van der Waals surface area contributed by atoms with Crippen LogP contribution in [0.2, 0.25) is 5.02 Å². The molecular weight excluding hydrogens is 368 g/mol. The van der Waals surface area contributed by atoms with E-state index in [2.05, 4.69) is 10.4 Å². The summed E-state index contributed by atoms with van der Waals surface area (Å²) in [5.74, 6) is -0.543. The van der Waals surface area contributed by atoms with Crippen molar-refractivity contribution in [2.45, 2.75) is 19.5 Å². The van der Waals surface area contributed by atoms with E-state index in [1.807, 2.05) is 37.3 Å². The number of amides is 1. The number of nitro groups is 1. The van der Waals surface area contributed by atoms with Crippen LogP contribution < -0.4 is 5.32 Å². The topological polar surface area (TPSA) is 90.1 Å². The van der Waals surface area contributed by atoms with E-state index < -0.39 is 4.92 Å². The van der Waals surface area contributed by atoms with Gasteiger partial charge in [0.25, 0.3) is 5.91 Å². The summed E-state index contributed by atoms with van der Waals surface area (Å²) in [6.45, 7) is 2.24. The quantitative estimate of drug-likeness (QED) is 0.514. The van der Waals surface area contributed by atoms with Crippen molar-refractivity contribution in [1.82, 2.24) is 15.1 Å². The lowest BCUT2D eigenvalue weighted by Crippen LogP contribution is -2.26. The van der Waals surface area contributed by atoms with Crippen molar-refractivity contribution >= 4 is 23.3 Å². The molecule has 0 saturated heterocycles. The van der Waals surface area contributed by atoms with E-state index in [0.29, 0.717) is 12.1 Å². The molecule has 0 aliphatic carbocycles. The largest absolute Gasteiger partial charge is 0.408 e. The van der Waals surface area contributed by atoms with Crippen LogP contribution in [0.3, 0.4) is 0 Å². The molecule has 3 rings (SSSR count). The number of hydrogen-bond donors (Lipinski definition) is 1. The Morgan fingerprint density at radius 1 is 1.22 bits per heavy atom. The number of carbonyl (C=O) groups is 1. The predicted octanol–water partition coefficient (Wildman–Crippen LogP) is 3.98. The first-order valence-electron chi connectivity index (χ1n) is 8.26. The van der Waals surface area contributed by atoms with E-state index in [9.17, 15) is 14.9 Å². The smallest absolute Gasteiger partial charge is 0.358 e. The summed E-state index contributed by atoms with van der Waals surface area (Å²) in [4.78, 5) is 22.6. The molecule has 0 aliphatic rings. The summed E-state index contributed by atoms with van der Waals surface area (Å²) in [5.41, 5.74) is 2.40. The Morgan fingerprint density at radius 2 is 1.89 bits per heavy atom. The third-order valence-corrected chi connectivity index (χ3v) is 4.35. The zero-order valence-corrected chi connectivity index (χ0v) is 15.3. The molecule has 1 unspecified atom stereocenters. The van der Waals surface area contributed by atoms with Gasteiger partial charge in [0, 0.05) is 5.56 Å². The van der Waals surface area contributed by atoms with Crippen molar-refractivity contribution < 1.29 is 9.72 Å². The molecule has 1 atom stereocenters. The van der Waals surface area contributed by atoms with Gasteiger partial charge < -0.3 is 15.4 Å². The van der Waals surface area contributed by atoms with Crippen LogP contribution in [0.15, 0.2) is 60.8 Å². The second kappa shape index (κ2) is 8.01. The highest BCUT2D eigenvalue weighted by Gasteiger charge is 2.19. The minimum Gasteiger partial charge on any atom is -0.358 e. The molecule has 27 heavy (non-hydrogen) atoms. The van der Waals surface area contributed by atoms with Crippen LogP contribution in [-0.2, 0) is 6.54 Å². The number of rotatable bonds is 6. The lowest BCUT2D eigenvalue weighted by atomic mass is 10.1. The third-order valence-electron chi connectivity index (χ3n) is 4.08. The number of halogens is 1. The van der Waals surface area contributed by atoms with Gasteiger partial charge in [0.15, 0.2) is 5.02 Å². The second-order valence-corrected chi connectivity index (χ2v) is 6.47. The Bertz CT molecular complexity index is 955. The normalized spacial score (nSPS) is 11.8. The molecule has 0 bridgehead atoms. The SMILES string of the molecule is CC(NC(=O)c1ccc(Cn2cc(Cl)c([N+](=O)[O-])n2)cc1)c1ccccc1. The Balaban J connectivity index is 1.65. The molecule has 1 N–H and O–H groups in total. The highest BCUT2D eigenvalue weighted by Crippen LogP contribution is 2.22. The maximum Gasteiger partial charge on any atom is 0.408 e. The molecule has 0 spiro atoms. The van der Waals surface area contributed by atoms with Gasteiger partial charge in [-0.2, -0.15) is 4.68 Å². The van der Waals surface area contributed by atoms with E-state index in [1.165, 1.54) is 10.9 Å². The Kier molecular flexibility index (Phi) is 5.52. The molecule has 0 aliphatic heterocycles. The molecule has 2 aromatic carbocycles. The van der Waals surface area contributed by atoms with Gasteiger partial charge in [0.2, 0.25) is 0 Å². The first-order chi connectivity index (χ1) is 12.9.